The molecule has 3 rings (SSSR count). The van der Waals surface area contributed by atoms with Crippen LogP contribution >= 0.6 is 0 Å². The molecule has 0 aliphatic carbocycles. The van der Waals surface area contributed by atoms with Gasteiger partial charge in [-0.05, 0) is 60.2 Å². The second-order valence-corrected chi connectivity index (χ2v) is 6.04. The van der Waals surface area contributed by atoms with E-state index in [-0.39, 0.29) is 12.0 Å². The molecule has 0 fully saturated rings. The van der Waals surface area contributed by atoms with E-state index >= 15 is 0 Å². The summed E-state index contributed by atoms with van der Waals surface area (Å²) in [6.45, 7) is 1.94. The van der Waals surface area contributed by atoms with Crippen molar-refractivity contribution in [2.24, 2.45) is 0 Å². The minimum Gasteiger partial charge on any atom is -0.484 e. The van der Waals surface area contributed by atoms with E-state index in [4.69, 9.17) is 4.74 Å². The van der Waals surface area contributed by atoms with Crippen LogP contribution in [0.2, 0.25) is 0 Å². The molecule has 1 aliphatic heterocycles. The molecule has 1 unspecified atom stereocenters. The van der Waals surface area contributed by atoms with Crippen molar-refractivity contribution < 1.29 is 22.3 Å². The minimum absolute atomic E-state index is 0.0892. The van der Waals surface area contributed by atoms with Gasteiger partial charge in [0.2, 0.25) is 0 Å². The van der Waals surface area contributed by atoms with Crippen LogP contribution in [0.1, 0.15) is 30.9 Å². The fourth-order valence-electron chi connectivity index (χ4n) is 3.08. The first kappa shape index (κ1) is 16.8. The van der Waals surface area contributed by atoms with Gasteiger partial charge in [-0.2, -0.15) is 0 Å². The topological polar surface area (TPSA) is 9.23 Å². The number of benzene rings is 2. The normalized spacial score (nSPS) is 16.8. The van der Waals surface area contributed by atoms with Crippen LogP contribution in [0.4, 0.5) is 17.6 Å². The molecule has 2 aromatic rings. The van der Waals surface area contributed by atoms with Crippen LogP contribution < -0.4 is 4.74 Å². The zero-order valence-electron chi connectivity index (χ0n) is 13.3. The van der Waals surface area contributed by atoms with Crippen molar-refractivity contribution in [2.75, 3.05) is 0 Å². The van der Waals surface area contributed by atoms with Gasteiger partial charge in [-0.3, -0.25) is 0 Å². The third-order valence-corrected chi connectivity index (χ3v) is 4.25. The molecule has 0 aromatic heterocycles. The fourth-order valence-corrected chi connectivity index (χ4v) is 3.08. The predicted octanol–water partition coefficient (Wildman–Crippen LogP) is 5.54. The molecule has 0 bridgehead atoms. The van der Waals surface area contributed by atoms with E-state index in [1.165, 1.54) is 24.3 Å². The van der Waals surface area contributed by atoms with Gasteiger partial charge in [0, 0.05) is 0 Å². The number of fused-ring (bicyclic) bond motifs is 1. The zero-order chi connectivity index (χ0) is 17.3. The Morgan fingerprint density at radius 1 is 1.12 bits per heavy atom. The van der Waals surface area contributed by atoms with E-state index in [1.54, 1.807) is 6.07 Å². The molecule has 0 spiro atoms. The molecule has 128 valence electrons. The summed E-state index contributed by atoms with van der Waals surface area (Å²) in [5, 5.41) is 0. The summed E-state index contributed by atoms with van der Waals surface area (Å²) in [5.74, 6) is -0.861. The van der Waals surface area contributed by atoms with Gasteiger partial charge in [-0.15, -0.1) is 0 Å². The van der Waals surface area contributed by atoms with Gasteiger partial charge >= 0.3 is 0 Å². The lowest BCUT2D eigenvalue weighted by atomic mass is 9.95. The van der Waals surface area contributed by atoms with Crippen LogP contribution in [0.25, 0.3) is 11.1 Å². The lowest BCUT2D eigenvalue weighted by Crippen LogP contribution is -2.29. The van der Waals surface area contributed by atoms with E-state index in [2.05, 4.69) is 0 Å². The standard InChI is InChI=1S/C19H18F4O/c1-2-3-11-8-14(20)18(15(21)9-11)13-5-6-16-12(10-13)4-7-17(24-16)19(22)23/h5-6,8-10,17,19H,2-4,7H2,1H3. The largest absolute Gasteiger partial charge is 0.484 e. The second-order valence-electron chi connectivity index (χ2n) is 6.04. The number of aryl methyl sites for hydroxylation is 2. The van der Waals surface area contributed by atoms with Crippen molar-refractivity contribution in [3.63, 3.8) is 0 Å². The Hall–Kier alpha value is -2.04. The first-order chi connectivity index (χ1) is 11.5. The lowest BCUT2D eigenvalue weighted by molar-refractivity contribution is 0.000616. The third-order valence-electron chi connectivity index (χ3n) is 4.25. The number of halogens is 4. The number of rotatable bonds is 4. The number of hydrogen-bond donors (Lipinski definition) is 0. The van der Waals surface area contributed by atoms with Gasteiger partial charge < -0.3 is 4.74 Å². The van der Waals surface area contributed by atoms with E-state index in [0.29, 0.717) is 35.3 Å². The molecule has 24 heavy (non-hydrogen) atoms. The van der Waals surface area contributed by atoms with Gasteiger partial charge in [0.05, 0.1) is 5.56 Å². The van der Waals surface area contributed by atoms with Crippen molar-refractivity contribution >= 4 is 0 Å². The Labute approximate surface area is 138 Å². The molecular weight excluding hydrogens is 320 g/mol. The summed E-state index contributed by atoms with van der Waals surface area (Å²) in [5.41, 5.74) is 1.62. The smallest absolute Gasteiger partial charge is 0.274 e. The quantitative estimate of drug-likeness (QED) is 0.665. The van der Waals surface area contributed by atoms with Crippen molar-refractivity contribution in [3.8, 4) is 16.9 Å². The van der Waals surface area contributed by atoms with Crippen LogP contribution in [-0.4, -0.2) is 12.5 Å². The van der Waals surface area contributed by atoms with Gasteiger partial charge in [0.1, 0.15) is 17.4 Å². The highest BCUT2D eigenvalue weighted by Crippen LogP contribution is 2.35. The zero-order valence-corrected chi connectivity index (χ0v) is 13.3. The van der Waals surface area contributed by atoms with Gasteiger partial charge in [0.15, 0.2) is 6.10 Å². The Kier molecular flexibility index (Phi) is 4.78. The van der Waals surface area contributed by atoms with Gasteiger partial charge in [-0.25, -0.2) is 17.6 Å². The molecule has 1 atom stereocenters. The summed E-state index contributed by atoms with van der Waals surface area (Å²) in [7, 11) is 0. The fraction of sp³-hybridized carbons (Fsp3) is 0.368. The summed E-state index contributed by atoms with van der Waals surface area (Å²) < 4.78 is 59.4. The van der Waals surface area contributed by atoms with Crippen molar-refractivity contribution in [1.29, 1.82) is 0 Å². The molecular formula is C19H18F4O. The van der Waals surface area contributed by atoms with Crippen LogP contribution in [-0.2, 0) is 12.8 Å². The van der Waals surface area contributed by atoms with E-state index in [1.807, 2.05) is 6.92 Å². The highest BCUT2D eigenvalue weighted by atomic mass is 19.3. The van der Waals surface area contributed by atoms with E-state index < -0.39 is 24.2 Å². The minimum atomic E-state index is -2.54. The monoisotopic (exact) mass is 338 g/mol. The number of hydrogen-bond acceptors (Lipinski definition) is 1. The first-order valence-corrected chi connectivity index (χ1v) is 8.05. The Balaban J connectivity index is 1.95. The molecule has 0 N–H and O–H groups in total. The molecule has 0 amide bonds. The maximum atomic E-state index is 14.3. The van der Waals surface area contributed by atoms with E-state index in [0.717, 1.165) is 6.42 Å². The maximum absolute atomic E-state index is 14.3. The Morgan fingerprint density at radius 2 is 1.83 bits per heavy atom. The molecule has 0 saturated carbocycles. The SMILES string of the molecule is CCCc1cc(F)c(-c2ccc3c(c2)CCC(C(F)F)O3)c(F)c1. The molecule has 1 nitrogen and oxygen atoms in total. The highest BCUT2D eigenvalue weighted by Gasteiger charge is 2.28. The molecule has 1 aliphatic rings. The van der Waals surface area contributed by atoms with Crippen molar-refractivity contribution in [1.82, 2.24) is 0 Å². The average Bonchev–Trinajstić information content (AvgIpc) is 2.54. The Bertz CT molecular complexity index is 719. The van der Waals surface area contributed by atoms with Crippen LogP contribution in [0.5, 0.6) is 5.75 Å². The van der Waals surface area contributed by atoms with Gasteiger partial charge in [-0.1, -0.05) is 19.4 Å². The lowest BCUT2D eigenvalue weighted by Gasteiger charge is -2.26. The molecule has 1 heterocycles. The van der Waals surface area contributed by atoms with Crippen molar-refractivity contribution in [2.45, 2.75) is 45.1 Å². The summed E-state index contributed by atoms with van der Waals surface area (Å²) in [6.07, 6.45) is -1.66. The maximum Gasteiger partial charge on any atom is 0.274 e. The van der Waals surface area contributed by atoms with E-state index in [9.17, 15) is 17.6 Å². The second kappa shape index (κ2) is 6.83. The van der Waals surface area contributed by atoms with Crippen LogP contribution in [0, 0.1) is 11.6 Å². The Morgan fingerprint density at radius 3 is 2.46 bits per heavy atom. The summed E-state index contributed by atoms with van der Waals surface area (Å²) >= 11 is 0. The van der Waals surface area contributed by atoms with Crippen LogP contribution in [0.3, 0.4) is 0 Å². The summed E-state index contributed by atoms with van der Waals surface area (Å²) in [4.78, 5) is 0. The van der Waals surface area contributed by atoms with Crippen LogP contribution in [0.15, 0.2) is 30.3 Å². The number of alkyl halides is 2. The predicted molar refractivity (Wildman–Crippen MR) is 84.5 cm³/mol. The summed E-state index contributed by atoms with van der Waals surface area (Å²) in [6, 6.07) is 7.35. The molecule has 0 saturated heterocycles. The number of ether oxygens (including phenoxy) is 1. The highest BCUT2D eigenvalue weighted by molar-refractivity contribution is 5.67. The molecule has 0 radical (unpaired) electrons. The average molecular weight is 338 g/mol. The first-order valence-electron chi connectivity index (χ1n) is 8.05. The molecule has 2 aromatic carbocycles. The van der Waals surface area contributed by atoms with Crippen molar-refractivity contribution in [3.05, 3.63) is 53.1 Å². The molecule has 5 heteroatoms. The van der Waals surface area contributed by atoms with Gasteiger partial charge in [0.25, 0.3) is 6.43 Å². The third kappa shape index (κ3) is 3.25.